The monoisotopic (exact) mass is 413 g/mol. The fourth-order valence-corrected chi connectivity index (χ4v) is 4.65. The van der Waals surface area contributed by atoms with E-state index in [1.807, 2.05) is 38.1 Å². The largest absolute Gasteiger partial charge is 0.358 e. The number of fused-ring (bicyclic) bond motifs is 3. The molecule has 3 aromatic rings. The predicted octanol–water partition coefficient (Wildman–Crippen LogP) is 5.09. The number of hydrogen-bond donors (Lipinski definition) is 1. The number of aromatic nitrogens is 1. The van der Waals surface area contributed by atoms with Crippen LogP contribution in [0.15, 0.2) is 39.8 Å². The standard InChI is InChI=1S/C21H20ClN3O2S/c1-4-23-17(26)10-16-20-18(12(3)25-27-20)15-9-11(2)28-21(15)19(24-16)13-5-7-14(22)8-6-13/h5-9,16H,4,10H2,1-3H3,(H,23,26)/t16-/m0/s1. The number of nitrogens with zero attached hydrogens (tertiary/aromatic N) is 2. The maximum atomic E-state index is 12.3. The van der Waals surface area contributed by atoms with Crippen LogP contribution in [0.4, 0.5) is 0 Å². The van der Waals surface area contributed by atoms with Crippen LogP contribution < -0.4 is 5.32 Å². The summed E-state index contributed by atoms with van der Waals surface area (Å²) in [7, 11) is 0. The molecule has 0 aliphatic carbocycles. The second kappa shape index (κ2) is 7.53. The van der Waals surface area contributed by atoms with Crippen LogP contribution in [0.3, 0.4) is 0 Å². The molecule has 1 atom stereocenters. The van der Waals surface area contributed by atoms with E-state index in [2.05, 4.69) is 23.5 Å². The van der Waals surface area contributed by atoms with Gasteiger partial charge in [-0.15, -0.1) is 11.3 Å². The van der Waals surface area contributed by atoms with Gasteiger partial charge < -0.3 is 9.84 Å². The van der Waals surface area contributed by atoms with E-state index in [-0.39, 0.29) is 12.3 Å². The average Bonchev–Trinajstić information content (AvgIpc) is 3.19. The van der Waals surface area contributed by atoms with Gasteiger partial charge in [-0.3, -0.25) is 9.79 Å². The quantitative estimate of drug-likeness (QED) is 0.647. The fraction of sp³-hybridized carbons (Fsp3) is 0.286. The molecule has 1 aliphatic rings. The molecule has 3 heterocycles. The summed E-state index contributed by atoms with van der Waals surface area (Å²) in [5, 5.41) is 7.70. The van der Waals surface area contributed by atoms with E-state index in [0.717, 1.165) is 33.0 Å². The van der Waals surface area contributed by atoms with Crippen LogP contribution in [0.25, 0.3) is 11.1 Å². The second-order valence-electron chi connectivity index (χ2n) is 6.77. The zero-order valence-corrected chi connectivity index (χ0v) is 17.4. The number of nitrogens with one attached hydrogen (secondary N) is 1. The molecule has 0 spiro atoms. The first-order valence-corrected chi connectivity index (χ1v) is 10.3. The molecule has 28 heavy (non-hydrogen) atoms. The number of amides is 1. The Kier molecular flexibility index (Phi) is 5.08. The number of carbonyl (C=O) groups is 1. The van der Waals surface area contributed by atoms with Crippen LogP contribution >= 0.6 is 22.9 Å². The van der Waals surface area contributed by atoms with E-state index in [9.17, 15) is 4.79 Å². The van der Waals surface area contributed by atoms with Gasteiger partial charge in [0, 0.05) is 27.6 Å². The van der Waals surface area contributed by atoms with Crippen LogP contribution in [0, 0.1) is 13.8 Å². The van der Waals surface area contributed by atoms with E-state index in [1.165, 1.54) is 4.88 Å². The number of carbonyl (C=O) groups excluding carboxylic acids is 1. The van der Waals surface area contributed by atoms with Crippen molar-refractivity contribution in [3.63, 3.8) is 0 Å². The molecule has 4 rings (SSSR count). The van der Waals surface area contributed by atoms with Crippen molar-refractivity contribution in [1.29, 1.82) is 0 Å². The normalized spacial score (nSPS) is 15.4. The average molecular weight is 414 g/mol. The minimum Gasteiger partial charge on any atom is -0.358 e. The van der Waals surface area contributed by atoms with Gasteiger partial charge in [-0.25, -0.2) is 0 Å². The highest BCUT2D eigenvalue weighted by atomic mass is 35.5. The molecule has 0 bridgehead atoms. The molecule has 1 N–H and O–H groups in total. The van der Waals surface area contributed by atoms with Crippen molar-refractivity contribution in [2.24, 2.45) is 4.99 Å². The van der Waals surface area contributed by atoms with Gasteiger partial charge >= 0.3 is 0 Å². The lowest BCUT2D eigenvalue weighted by Crippen LogP contribution is -2.24. The number of benzene rings is 1. The first-order valence-electron chi connectivity index (χ1n) is 9.15. The van der Waals surface area contributed by atoms with Crippen molar-refractivity contribution in [2.75, 3.05) is 6.54 Å². The van der Waals surface area contributed by atoms with Gasteiger partial charge in [0.25, 0.3) is 0 Å². The number of hydrogen-bond acceptors (Lipinski definition) is 5. The summed E-state index contributed by atoms with van der Waals surface area (Å²) < 4.78 is 5.67. The molecule has 1 aromatic carbocycles. The number of aliphatic imine (C=N–C) groups is 1. The molecule has 7 heteroatoms. The number of halogens is 1. The predicted molar refractivity (Wildman–Crippen MR) is 112 cm³/mol. The van der Waals surface area contributed by atoms with Crippen molar-refractivity contribution in [3.8, 4) is 11.1 Å². The molecule has 0 radical (unpaired) electrons. The molecule has 2 aromatic heterocycles. The Hall–Kier alpha value is -2.44. The molecule has 144 valence electrons. The van der Waals surface area contributed by atoms with Crippen molar-refractivity contribution in [3.05, 3.63) is 62.1 Å². The lowest BCUT2D eigenvalue weighted by atomic mass is 9.99. The van der Waals surface area contributed by atoms with Crippen LogP contribution in [0.1, 0.15) is 46.2 Å². The van der Waals surface area contributed by atoms with E-state index < -0.39 is 6.04 Å². The summed E-state index contributed by atoms with van der Waals surface area (Å²) in [4.78, 5) is 19.6. The molecule has 1 aliphatic heterocycles. The lowest BCUT2D eigenvalue weighted by Gasteiger charge is -2.11. The smallest absolute Gasteiger partial charge is 0.222 e. The van der Waals surface area contributed by atoms with Crippen LogP contribution in [-0.2, 0) is 4.79 Å². The highest BCUT2D eigenvalue weighted by molar-refractivity contribution is 7.14. The number of thiophene rings is 1. The van der Waals surface area contributed by atoms with Crippen LogP contribution in [-0.4, -0.2) is 23.3 Å². The Bertz CT molecular complexity index is 1070. The lowest BCUT2D eigenvalue weighted by molar-refractivity contribution is -0.121. The Morgan fingerprint density at radius 2 is 2.04 bits per heavy atom. The summed E-state index contributed by atoms with van der Waals surface area (Å²) >= 11 is 7.77. The van der Waals surface area contributed by atoms with Crippen LogP contribution in [0.5, 0.6) is 0 Å². The third kappa shape index (κ3) is 3.38. The van der Waals surface area contributed by atoms with E-state index in [0.29, 0.717) is 17.3 Å². The molecular weight excluding hydrogens is 394 g/mol. The Labute approximate surface area is 172 Å². The molecule has 1 amide bonds. The van der Waals surface area contributed by atoms with Crippen molar-refractivity contribution < 1.29 is 9.32 Å². The van der Waals surface area contributed by atoms with Crippen molar-refractivity contribution >= 4 is 34.6 Å². The maximum absolute atomic E-state index is 12.3. The van der Waals surface area contributed by atoms with Crippen molar-refractivity contribution in [2.45, 2.75) is 33.2 Å². The van der Waals surface area contributed by atoms with Gasteiger partial charge in [0.05, 0.1) is 28.3 Å². The molecule has 0 fully saturated rings. The van der Waals surface area contributed by atoms with Gasteiger partial charge in [0.1, 0.15) is 6.04 Å². The third-order valence-corrected chi connectivity index (χ3v) is 6.00. The molecule has 0 saturated heterocycles. The molecule has 0 unspecified atom stereocenters. The van der Waals surface area contributed by atoms with E-state index >= 15 is 0 Å². The highest BCUT2D eigenvalue weighted by Gasteiger charge is 2.32. The van der Waals surface area contributed by atoms with Gasteiger partial charge in [-0.1, -0.05) is 28.9 Å². The first-order chi connectivity index (χ1) is 13.5. The highest BCUT2D eigenvalue weighted by Crippen LogP contribution is 2.43. The molecular formula is C21H20ClN3O2S. The number of aryl methyl sites for hydroxylation is 2. The van der Waals surface area contributed by atoms with Gasteiger partial charge in [-0.2, -0.15) is 0 Å². The van der Waals surface area contributed by atoms with Gasteiger partial charge in [0.2, 0.25) is 5.91 Å². The SMILES string of the molecule is CCNC(=O)C[C@@H]1N=C(c2ccc(Cl)cc2)c2sc(C)cc2-c2c(C)noc21. The maximum Gasteiger partial charge on any atom is 0.222 e. The Balaban J connectivity index is 1.92. The molecule has 0 saturated carbocycles. The summed E-state index contributed by atoms with van der Waals surface area (Å²) in [6, 6.07) is 9.33. The zero-order valence-electron chi connectivity index (χ0n) is 15.9. The number of rotatable bonds is 4. The fourth-order valence-electron chi connectivity index (χ4n) is 3.49. The molecule has 5 nitrogen and oxygen atoms in total. The Morgan fingerprint density at radius 1 is 1.29 bits per heavy atom. The first kappa shape index (κ1) is 18.9. The van der Waals surface area contributed by atoms with Gasteiger partial charge in [0.15, 0.2) is 5.76 Å². The summed E-state index contributed by atoms with van der Waals surface area (Å²) in [6.45, 7) is 6.48. The van der Waals surface area contributed by atoms with Crippen LogP contribution in [0.2, 0.25) is 5.02 Å². The minimum absolute atomic E-state index is 0.0619. The van der Waals surface area contributed by atoms with Gasteiger partial charge in [-0.05, 0) is 39.0 Å². The van der Waals surface area contributed by atoms with E-state index in [1.54, 1.807) is 11.3 Å². The zero-order chi connectivity index (χ0) is 19.8. The summed E-state index contributed by atoms with van der Waals surface area (Å²) in [5.74, 6) is 0.583. The van der Waals surface area contributed by atoms with E-state index in [4.69, 9.17) is 21.1 Å². The minimum atomic E-state index is -0.437. The second-order valence-corrected chi connectivity index (χ2v) is 8.46. The van der Waals surface area contributed by atoms with Crippen molar-refractivity contribution in [1.82, 2.24) is 10.5 Å². The summed E-state index contributed by atoms with van der Waals surface area (Å²) in [5.41, 5.74) is 4.63. The summed E-state index contributed by atoms with van der Waals surface area (Å²) in [6.07, 6.45) is 0.209. The topological polar surface area (TPSA) is 67.5 Å². The Morgan fingerprint density at radius 3 is 2.75 bits per heavy atom. The third-order valence-electron chi connectivity index (χ3n) is 4.69.